The molecule has 0 aliphatic rings. The lowest BCUT2D eigenvalue weighted by atomic mass is 10.0. The molecule has 3 nitrogen and oxygen atoms in total. The molecule has 0 aromatic heterocycles. The number of halogens is 2. The minimum Gasteiger partial charge on any atom is -0.404 e. The highest BCUT2D eigenvalue weighted by Crippen LogP contribution is 2.19. The fourth-order valence-electron chi connectivity index (χ4n) is 1.13. The average molecular weight is 240 g/mol. The Balaban J connectivity index is 2.98. The minimum atomic E-state index is -1.17. The summed E-state index contributed by atoms with van der Waals surface area (Å²) < 4.78 is 25.9. The van der Waals surface area contributed by atoms with E-state index in [1.54, 1.807) is 0 Å². The van der Waals surface area contributed by atoms with Crippen LogP contribution < -0.4 is 5.73 Å². The van der Waals surface area contributed by atoms with Crippen LogP contribution in [0.15, 0.2) is 35.0 Å². The lowest BCUT2D eigenvalue weighted by Crippen LogP contribution is -2.23. The van der Waals surface area contributed by atoms with Crippen LogP contribution in [0.3, 0.4) is 0 Å². The summed E-state index contributed by atoms with van der Waals surface area (Å²) in [7, 11) is 0. The molecule has 17 heavy (non-hydrogen) atoms. The van der Waals surface area contributed by atoms with Gasteiger partial charge >= 0.3 is 0 Å². The molecule has 0 heterocycles. The molecule has 0 saturated carbocycles. The number of hydrogen-bond acceptors (Lipinski definition) is 3. The number of rotatable bonds is 3. The van der Waals surface area contributed by atoms with Gasteiger partial charge in [-0.3, -0.25) is 4.99 Å². The summed E-state index contributed by atoms with van der Waals surface area (Å²) in [5.41, 5.74) is 4.46. The molecule has 3 N–H and O–H groups in total. The van der Waals surface area contributed by atoms with Crippen molar-refractivity contribution in [2.45, 2.75) is 19.4 Å². The number of aliphatic imine (C=N–C) groups is 1. The molecule has 1 aromatic rings. The summed E-state index contributed by atoms with van der Waals surface area (Å²) in [6, 6.07) is 3.05. The highest BCUT2D eigenvalue weighted by Gasteiger charge is 2.17. The third kappa shape index (κ3) is 3.64. The third-order valence-corrected chi connectivity index (χ3v) is 2.14. The third-order valence-electron chi connectivity index (χ3n) is 2.14. The van der Waals surface area contributed by atoms with Crippen LogP contribution >= 0.6 is 0 Å². The van der Waals surface area contributed by atoms with Crippen molar-refractivity contribution in [3.8, 4) is 0 Å². The van der Waals surface area contributed by atoms with Gasteiger partial charge in [0.15, 0.2) is 5.82 Å². The van der Waals surface area contributed by atoms with Gasteiger partial charge in [0.05, 0.1) is 11.3 Å². The molecule has 0 bridgehead atoms. The maximum Gasteiger partial charge on any atom is 0.151 e. The van der Waals surface area contributed by atoms with Crippen LogP contribution in [0.5, 0.6) is 0 Å². The van der Waals surface area contributed by atoms with Gasteiger partial charge in [0.1, 0.15) is 5.82 Å². The van der Waals surface area contributed by atoms with E-state index in [0.717, 1.165) is 12.1 Å². The van der Waals surface area contributed by atoms with Crippen molar-refractivity contribution in [2.24, 2.45) is 10.7 Å². The molecule has 0 radical (unpaired) electrons. The van der Waals surface area contributed by atoms with Crippen molar-refractivity contribution in [1.29, 1.82) is 0 Å². The Bertz CT molecular complexity index is 462. The molecule has 0 spiro atoms. The Kier molecular flexibility index (Phi) is 3.96. The number of hydrogen-bond donors (Lipinski definition) is 2. The van der Waals surface area contributed by atoms with Crippen molar-refractivity contribution in [1.82, 2.24) is 0 Å². The number of aliphatic hydroxyl groups is 1. The van der Waals surface area contributed by atoms with Gasteiger partial charge in [-0.1, -0.05) is 0 Å². The van der Waals surface area contributed by atoms with Gasteiger partial charge in [0.2, 0.25) is 0 Å². The lowest BCUT2D eigenvalue weighted by Gasteiger charge is -2.17. The maximum atomic E-state index is 13.2. The van der Waals surface area contributed by atoms with E-state index in [9.17, 15) is 13.9 Å². The molecular formula is C12H14F2N2O. The molecule has 0 saturated heterocycles. The minimum absolute atomic E-state index is 0.0185. The quantitative estimate of drug-likeness (QED) is 0.796. The normalized spacial score (nSPS) is 13.4. The highest BCUT2D eigenvalue weighted by atomic mass is 19.1. The predicted molar refractivity (Wildman–Crippen MR) is 63.1 cm³/mol. The predicted octanol–water partition coefficient (Wildman–Crippen LogP) is 2.28. The van der Waals surface area contributed by atoms with Crippen molar-refractivity contribution < 1.29 is 13.9 Å². The van der Waals surface area contributed by atoms with Gasteiger partial charge in [-0.2, -0.15) is 0 Å². The van der Waals surface area contributed by atoms with Gasteiger partial charge in [0, 0.05) is 24.1 Å². The molecule has 0 aliphatic heterocycles. The molecule has 0 amide bonds. The monoisotopic (exact) mass is 240 g/mol. The second kappa shape index (κ2) is 5.05. The van der Waals surface area contributed by atoms with Gasteiger partial charge in [-0.25, -0.2) is 8.78 Å². The Morgan fingerprint density at radius 2 is 2.06 bits per heavy atom. The van der Waals surface area contributed by atoms with Crippen molar-refractivity contribution in [2.75, 3.05) is 0 Å². The zero-order chi connectivity index (χ0) is 13.1. The zero-order valence-corrected chi connectivity index (χ0v) is 9.61. The highest BCUT2D eigenvalue weighted by molar-refractivity contribution is 5.83. The van der Waals surface area contributed by atoms with Gasteiger partial charge in [0.25, 0.3) is 0 Å². The Labute approximate surface area is 98.3 Å². The lowest BCUT2D eigenvalue weighted by molar-refractivity contribution is 0.126. The fraction of sp³-hybridized carbons (Fsp3) is 0.250. The average Bonchev–Trinajstić information content (AvgIpc) is 2.19. The smallest absolute Gasteiger partial charge is 0.151 e. The maximum absolute atomic E-state index is 13.2. The van der Waals surface area contributed by atoms with Crippen molar-refractivity contribution in [3.05, 3.63) is 41.6 Å². The largest absolute Gasteiger partial charge is 0.404 e. The second-order valence-electron chi connectivity index (χ2n) is 4.03. The topological polar surface area (TPSA) is 58.6 Å². The van der Waals surface area contributed by atoms with Crippen LogP contribution in [0.25, 0.3) is 0 Å². The molecule has 5 heteroatoms. The van der Waals surface area contributed by atoms with E-state index in [1.807, 2.05) is 0 Å². The SMILES string of the molecule is CC(C)(O)C(C=Nc1ccc(F)cc1F)=CN. The van der Waals surface area contributed by atoms with Crippen LogP contribution in [0, 0.1) is 11.6 Å². The van der Waals surface area contributed by atoms with Gasteiger partial charge in [-0.05, 0) is 26.0 Å². The van der Waals surface area contributed by atoms with Crippen molar-refractivity contribution in [3.63, 3.8) is 0 Å². The van der Waals surface area contributed by atoms with Gasteiger partial charge < -0.3 is 10.8 Å². The molecular weight excluding hydrogens is 226 g/mol. The van der Waals surface area contributed by atoms with Crippen LogP contribution in [0.2, 0.25) is 0 Å². The van der Waals surface area contributed by atoms with E-state index in [0.29, 0.717) is 5.57 Å². The summed E-state index contributed by atoms with van der Waals surface area (Å²) >= 11 is 0. The van der Waals surface area contributed by atoms with Crippen LogP contribution in [0.1, 0.15) is 13.8 Å². The van der Waals surface area contributed by atoms with Crippen LogP contribution in [0.4, 0.5) is 14.5 Å². The Hall–Kier alpha value is -1.75. The summed E-state index contributed by atoms with van der Waals surface area (Å²) in [5, 5.41) is 9.68. The first kappa shape index (κ1) is 13.3. The summed E-state index contributed by atoms with van der Waals surface area (Å²) in [6.07, 6.45) is 2.43. The summed E-state index contributed by atoms with van der Waals surface area (Å²) in [6.45, 7) is 3.05. The molecule has 0 unspecified atom stereocenters. The van der Waals surface area contributed by atoms with E-state index >= 15 is 0 Å². The Morgan fingerprint density at radius 3 is 2.53 bits per heavy atom. The van der Waals surface area contributed by atoms with Gasteiger partial charge in [-0.15, -0.1) is 0 Å². The standard InChI is InChI=1S/C12H14F2N2O/c1-12(2,17)8(6-15)7-16-11-4-3-9(13)5-10(11)14/h3-7,17H,15H2,1-2H3. The molecule has 0 atom stereocenters. The molecule has 92 valence electrons. The molecule has 0 aliphatic carbocycles. The zero-order valence-electron chi connectivity index (χ0n) is 9.61. The van der Waals surface area contributed by atoms with Crippen molar-refractivity contribution >= 4 is 11.9 Å². The summed E-state index contributed by atoms with van der Waals surface area (Å²) in [5.74, 6) is -1.44. The second-order valence-corrected chi connectivity index (χ2v) is 4.03. The molecule has 0 fully saturated rings. The summed E-state index contributed by atoms with van der Waals surface area (Å²) in [4.78, 5) is 3.81. The van der Waals surface area contributed by atoms with E-state index in [2.05, 4.69) is 4.99 Å². The molecule has 1 rings (SSSR count). The fourth-order valence-corrected chi connectivity index (χ4v) is 1.13. The van der Waals surface area contributed by atoms with E-state index in [4.69, 9.17) is 5.73 Å². The first-order valence-electron chi connectivity index (χ1n) is 4.98. The van der Waals surface area contributed by atoms with E-state index in [1.165, 1.54) is 32.3 Å². The van der Waals surface area contributed by atoms with E-state index < -0.39 is 17.2 Å². The van der Waals surface area contributed by atoms with E-state index in [-0.39, 0.29) is 5.69 Å². The first-order chi connectivity index (χ1) is 7.84. The van der Waals surface area contributed by atoms with Crippen LogP contribution in [-0.4, -0.2) is 16.9 Å². The molecule has 1 aromatic carbocycles. The number of benzene rings is 1. The van der Waals surface area contributed by atoms with Crippen LogP contribution in [-0.2, 0) is 0 Å². The number of nitrogens with two attached hydrogens (primary N) is 1. The first-order valence-corrected chi connectivity index (χ1v) is 4.98. The number of nitrogens with zero attached hydrogens (tertiary/aromatic N) is 1. The Morgan fingerprint density at radius 1 is 1.41 bits per heavy atom.